The van der Waals surface area contributed by atoms with Gasteiger partial charge in [0.2, 0.25) is 3.79 Å². The van der Waals surface area contributed by atoms with Gasteiger partial charge < -0.3 is 4.74 Å². The Bertz CT molecular complexity index is 550. The Hall–Kier alpha value is -1.06. The van der Waals surface area contributed by atoms with Crippen molar-refractivity contribution in [2.75, 3.05) is 11.9 Å². The van der Waals surface area contributed by atoms with Gasteiger partial charge in [-0.25, -0.2) is 4.79 Å². The van der Waals surface area contributed by atoms with E-state index in [1.807, 2.05) is 0 Å². The molecule has 0 saturated carbocycles. The molecule has 0 aliphatic rings. The summed E-state index contributed by atoms with van der Waals surface area (Å²) in [6, 6.07) is 0.537. The third-order valence-electron chi connectivity index (χ3n) is 2.20. The van der Waals surface area contributed by atoms with Gasteiger partial charge in [0.1, 0.15) is 6.61 Å². The first-order chi connectivity index (χ1) is 10.2. The molecule has 1 amide bonds. The van der Waals surface area contributed by atoms with Crippen LogP contribution < -0.4 is 5.32 Å². The molecule has 0 radical (unpaired) electrons. The first-order valence-corrected chi connectivity index (χ1v) is 6.62. The summed E-state index contributed by atoms with van der Waals surface area (Å²) in [4.78, 5) is 11.3. The van der Waals surface area contributed by atoms with Crippen molar-refractivity contribution in [1.82, 2.24) is 0 Å². The fourth-order valence-corrected chi connectivity index (χ4v) is 1.49. The fraction of sp³-hybridized carbons (Fsp3) is 0.364. The van der Waals surface area contributed by atoms with Crippen LogP contribution in [0.5, 0.6) is 0 Å². The summed E-state index contributed by atoms with van der Waals surface area (Å²) < 4.78 is 78.1. The monoisotopic (exact) mass is 403 g/mol. The molecule has 1 rings (SSSR count). The standard InChI is InChI=1S/C11H6Cl3F6NO2/c12-9(13,14)4-23-8(22)21-7-2-5(10(15,16)17)1-6(3-7)11(18,19)20/h1-3H,4H2,(H,21,22). The van der Waals surface area contributed by atoms with Crippen LogP contribution in [-0.4, -0.2) is 16.5 Å². The second kappa shape index (κ2) is 6.82. The summed E-state index contributed by atoms with van der Waals surface area (Å²) in [6.07, 6.45) is -11.5. The number of rotatable bonds is 2. The van der Waals surface area contributed by atoms with Gasteiger partial charge in [-0.15, -0.1) is 0 Å². The minimum Gasteiger partial charge on any atom is -0.445 e. The van der Waals surface area contributed by atoms with E-state index in [-0.39, 0.29) is 6.07 Å². The lowest BCUT2D eigenvalue weighted by Gasteiger charge is -2.15. The molecular formula is C11H6Cl3F6NO2. The average molecular weight is 405 g/mol. The highest BCUT2D eigenvalue weighted by Crippen LogP contribution is 2.37. The van der Waals surface area contributed by atoms with E-state index in [4.69, 9.17) is 34.8 Å². The van der Waals surface area contributed by atoms with Crippen molar-refractivity contribution in [3.05, 3.63) is 29.3 Å². The minimum absolute atomic E-state index is 0.0855. The first-order valence-electron chi connectivity index (χ1n) is 5.48. The minimum atomic E-state index is -5.04. The lowest BCUT2D eigenvalue weighted by Crippen LogP contribution is -2.22. The van der Waals surface area contributed by atoms with Gasteiger partial charge >= 0.3 is 18.4 Å². The molecule has 12 heteroatoms. The Kier molecular flexibility index (Phi) is 5.93. The number of nitrogens with one attached hydrogen (secondary N) is 1. The molecule has 0 bridgehead atoms. The molecule has 0 atom stereocenters. The maximum absolute atomic E-state index is 12.6. The highest BCUT2D eigenvalue weighted by Gasteiger charge is 2.37. The second-order valence-corrected chi connectivity index (χ2v) is 6.63. The number of benzene rings is 1. The second-order valence-electron chi connectivity index (χ2n) is 4.11. The van der Waals surface area contributed by atoms with E-state index in [1.54, 1.807) is 5.32 Å². The molecule has 3 nitrogen and oxygen atoms in total. The normalized spacial score (nSPS) is 12.9. The third kappa shape index (κ3) is 6.92. The molecule has 1 aromatic rings. The quantitative estimate of drug-likeness (QED) is 0.511. The molecule has 23 heavy (non-hydrogen) atoms. The SMILES string of the molecule is O=C(Nc1cc(C(F)(F)F)cc(C(F)(F)F)c1)OCC(Cl)(Cl)Cl. The van der Waals surface area contributed by atoms with Crippen molar-refractivity contribution in [2.45, 2.75) is 16.1 Å². The Morgan fingerprint density at radius 2 is 1.39 bits per heavy atom. The zero-order valence-corrected chi connectivity index (χ0v) is 12.9. The summed E-state index contributed by atoms with van der Waals surface area (Å²) in [7, 11) is 0. The van der Waals surface area contributed by atoms with E-state index in [1.165, 1.54) is 0 Å². The predicted octanol–water partition coefficient (Wildman–Crippen LogP) is 5.64. The molecule has 0 aliphatic heterocycles. The van der Waals surface area contributed by atoms with Crippen molar-refractivity contribution >= 4 is 46.6 Å². The Morgan fingerprint density at radius 3 is 1.74 bits per heavy atom. The van der Waals surface area contributed by atoms with Crippen LogP contribution >= 0.6 is 34.8 Å². The van der Waals surface area contributed by atoms with Crippen LogP contribution in [0.2, 0.25) is 0 Å². The van der Waals surface area contributed by atoms with Gasteiger partial charge in [0, 0.05) is 5.69 Å². The maximum atomic E-state index is 12.6. The first kappa shape index (κ1) is 20.0. The molecule has 1 aromatic carbocycles. The van der Waals surface area contributed by atoms with E-state index in [0.29, 0.717) is 12.1 Å². The van der Waals surface area contributed by atoms with E-state index in [9.17, 15) is 31.1 Å². The van der Waals surface area contributed by atoms with Gasteiger partial charge in [0.25, 0.3) is 0 Å². The smallest absolute Gasteiger partial charge is 0.416 e. The Morgan fingerprint density at radius 1 is 0.957 bits per heavy atom. The molecule has 0 heterocycles. The van der Waals surface area contributed by atoms with Gasteiger partial charge in [-0.3, -0.25) is 5.32 Å². The van der Waals surface area contributed by atoms with Crippen molar-refractivity contribution in [3.8, 4) is 0 Å². The molecule has 0 fully saturated rings. The van der Waals surface area contributed by atoms with E-state index in [0.717, 1.165) is 0 Å². The highest BCUT2D eigenvalue weighted by atomic mass is 35.6. The van der Waals surface area contributed by atoms with Crippen LogP contribution in [0.4, 0.5) is 36.8 Å². The third-order valence-corrected chi connectivity index (χ3v) is 2.53. The van der Waals surface area contributed by atoms with Gasteiger partial charge in [0.15, 0.2) is 0 Å². The molecule has 0 aliphatic carbocycles. The predicted molar refractivity (Wildman–Crippen MR) is 71.7 cm³/mol. The summed E-state index contributed by atoms with van der Waals surface area (Å²) in [5.41, 5.74) is -3.96. The number of hydrogen-bond donors (Lipinski definition) is 1. The molecule has 0 aromatic heterocycles. The lowest BCUT2D eigenvalue weighted by atomic mass is 10.1. The van der Waals surface area contributed by atoms with Crippen LogP contribution in [-0.2, 0) is 17.1 Å². The van der Waals surface area contributed by atoms with Crippen molar-refractivity contribution in [1.29, 1.82) is 0 Å². The summed E-state index contributed by atoms with van der Waals surface area (Å²) in [5, 5.41) is 1.70. The number of anilines is 1. The zero-order valence-electron chi connectivity index (χ0n) is 10.7. The van der Waals surface area contributed by atoms with Crippen LogP contribution in [0.3, 0.4) is 0 Å². The zero-order chi connectivity index (χ0) is 18.1. The van der Waals surface area contributed by atoms with Gasteiger partial charge in [-0.1, -0.05) is 34.8 Å². The van der Waals surface area contributed by atoms with Crippen LogP contribution in [0.15, 0.2) is 18.2 Å². The number of amides is 1. The van der Waals surface area contributed by atoms with Gasteiger partial charge in [-0.05, 0) is 18.2 Å². The molecule has 0 saturated heterocycles. The summed E-state index contributed by atoms with van der Waals surface area (Å²) in [5.74, 6) is 0. The topological polar surface area (TPSA) is 38.3 Å². The molecule has 0 unspecified atom stereocenters. The van der Waals surface area contributed by atoms with Gasteiger partial charge in [0.05, 0.1) is 11.1 Å². The van der Waals surface area contributed by atoms with Crippen LogP contribution in [0.1, 0.15) is 11.1 Å². The van der Waals surface area contributed by atoms with E-state index < -0.39 is 45.7 Å². The van der Waals surface area contributed by atoms with Crippen LogP contribution in [0, 0.1) is 0 Å². The summed E-state index contributed by atoms with van der Waals surface area (Å²) in [6.45, 7) is -0.755. The lowest BCUT2D eigenvalue weighted by molar-refractivity contribution is -0.143. The largest absolute Gasteiger partial charge is 0.445 e. The number of hydrogen-bond acceptors (Lipinski definition) is 2. The molecule has 0 spiro atoms. The highest BCUT2D eigenvalue weighted by molar-refractivity contribution is 6.67. The Balaban J connectivity index is 3.04. The Labute approximate surface area is 140 Å². The van der Waals surface area contributed by atoms with E-state index >= 15 is 0 Å². The number of carbonyl (C=O) groups excluding carboxylic acids is 1. The molecular weight excluding hydrogens is 398 g/mol. The van der Waals surface area contributed by atoms with Crippen LogP contribution in [0.25, 0.3) is 0 Å². The number of halogens is 9. The van der Waals surface area contributed by atoms with Crippen molar-refractivity contribution < 1.29 is 35.9 Å². The van der Waals surface area contributed by atoms with Crippen molar-refractivity contribution in [3.63, 3.8) is 0 Å². The maximum Gasteiger partial charge on any atom is 0.416 e. The average Bonchev–Trinajstić information content (AvgIpc) is 2.33. The molecule has 1 N–H and O–H groups in total. The number of carbonyl (C=O) groups is 1. The fourth-order valence-electron chi connectivity index (χ4n) is 1.33. The van der Waals surface area contributed by atoms with Crippen molar-refractivity contribution in [2.24, 2.45) is 0 Å². The number of ether oxygens (including phenoxy) is 1. The number of alkyl halides is 9. The van der Waals surface area contributed by atoms with Gasteiger partial charge in [-0.2, -0.15) is 26.3 Å². The molecule has 130 valence electrons. The summed E-state index contributed by atoms with van der Waals surface area (Å²) >= 11 is 15.8. The van der Waals surface area contributed by atoms with E-state index in [2.05, 4.69) is 4.74 Å².